The van der Waals surface area contributed by atoms with Gasteiger partial charge in [0.1, 0.15) is 16.5 Å². The first-order chi connectivity index (χ1) is 18.4. The standard InChI is InChI=1S/C28H29N3O6S/c1-3-36-28(35)24-22-6-4-5-7-23(22)38-27(24)30-26(34)19-10-14-21(15-11-19)37-17(2)25(33)31-29-16-18-8-12-20(32)13-9-18/h8-17,32H,3-7H2,1-2H3,(H,30,34)(H,31,33). The maximum Gasteiger partial charge on any atom is 0.341 e. The topological polar surface area (TPSA) is 126 Å². The Hall–Kier alpha value is -4.18. The molecule has 198 valence electrons. The van der Waals surface area contributed by atoms with Crippen LogP contribution in [0.1, 0.15) is 63.4 Å². The van der Waals surface area contributed by atoms with E-state index in [2.05, 4.69) is 15.8 Å². The number of ether oxygens (including phenoxy) is 2. The molecule has 0 aliphatic heterocycles. The highest BCUT2D eigenvalue weighted by Gasteiger charge is 2.27. The summed E-state index contributed by atoms with van der Waals surface area (Å²) in [5.41, 5.74) is 4.95. The van der Waals surface area contributed by atoms with E-state index < -0.39 is 18.0 Å². The number of carbonyl (C=O) groups excluding carboxylic acids is 3. The normalized spacial score (nSPS) is 13.4. The number of hydrazone groups is 1. The lowest BCUT2D eigenvalue weighted by Gasteiger charge is -2.13. The summed E-state index contributed by atoms with van der Waals surface area (Å²) in [7, 11) is 0. The fourth-order valence-corrected chi connectivity index (χ4v) is 5.29. The van der Waals surface area contributed by atoms with E-state index in [1.165, 1.54) is 29.7 Å². The second kappa shape index (κ2) is 12.4. The average Bonchev–Trinajstić information content (AvgIpc) is 3.28. The number of phenols is 1. The lowest BCUT2D eigenvalue weighted by atomic mass is 9.95. The van der Waals surface area contributed by atoms with Crippen LogP contribution in [0, 0.1) is 0 Å². The van der Waals surface area contributed by atoms with Crippen LogP contribution >= 0.6 is 11.3 Å². The number of anilines is 1. The highest BCUT2D eigenvalue weighted by Crippen LogP contribution is 2.38. The molecule has 1 unspecified atom stereocenters. The number of phenolic OH excluding ortho intramolecular Hbond substituents is 1. The Balaban J connectivity index is 1.36. The molecular weight excluding hydrogens is 506 g/mol. The van der Waals surface area contributed by atoms with Crippen molar-refractivity contribution in [2.75, 3.05) is 11.9 Å². The molecule has 10 heteroatoms. The van der Waals surface area contributed by atoms with Crippen LogP contribution in [0.2, 0.25) is 0 Å². The van der Waals surface area contributed by atoms with Crippen molar-refractivity contribution in [2.45, 2.75) is 45.6 Å². The van der Waals surface area contributed by atoms with Crippen molar-refractivity contribution in [3.05, 3.63) is 75.7 Å². The van der Waals surface area contributed by atoms with Gasteiger partial charge in [0, 0.05) is 10.4 Å². The second-order valence-corrected chi connectivity index (χ2v) is 9.81. The number of rotatable bonds is 9. The maximum atomic E-state index is 13.0. The summed E-state index contributed by atoms with van der Waals surface area (Å²) < 4.78 is 10.9. The summed E-state index contributed by atoms with van der Waals surface area (Å²) in [6.45, 7) is 3.61. The van der Waals surface area contributed by atoms with Crippen LogP contribution in [0.5, 0.6) is 11.5 Å². The SMILES string of the molecule is CCOC(=O)c1c(NC(=O)c2ccc(OC(C)C(=O)NN=Cc3ccc(O)cc3)cc2)sc2c1CCCC2. The Bertz CT molecular complexity index is 1330. The fourth-order valence-electron chi connectivity index (χ4n) is 4.01. The monoisotopic (exact) mass is 535 g/mol. The van der Waals surface area contributed by atoms with Gasteiger partial charge in [0.2, 0.25) is 0 Å². The number of hydrogen-bond acceptors (Lipinski definition) is 8. The van der Waals surface area contributed by atoms with Crippen LogP contribution < -0.4 is 15.5 Å². The number of benzene rings is 2. The summed E-state index contributed by atoms with van der Waals surface area (Å²) in [5.74, 6) is -0.662. The zero-order valence-electron chi connectivity index (χ0n) is 21.2. The largest absolute Gasteiger partial charge is 0.508 e. The van der Waals surface area contributed by atoms with Crippen molar-refractivity contribution in [1.82, 2.24) is 5.43 Å². The predicted octanol–water partition coefficient (Wildman–Crippen LogP) is 4.68. The molecule has 0 saturated carbocycles. The van der Waals surface area contributed by atoms with E-state index in [9.17, 15) is 19.5 Å². The van der Waals surface area contributed by atoms with E-state index in [1.54, 1.807) is 50.2 Å². The lowest BCUT2D eigenvalue weighted by Crippen LogP contribution is -2.33. The molecule has 1 atom stereocenters. The number of nitrogens with zero attached hydrogens (tertiary/aromatic N) is 1. The first kappa shape index (κ1) is 26.9. The molecule has 0 fully saturated rings. The summed E-state index contributed by atoms with van der Waals surface area (Å²) in [4.78, 5) is 39.0. The first-order valence-corrected chi connectivity index (χ1v) is 13.2. The van der Waals surface area contributed by atoms with E-state index in [1.807, 2.05) is 0 Å². The number of fused-ring (bicyclic) bond motifs is 1. The van der Waals surface area contributed by atoms with Gasteiger partial charge < -0.3 is 19.9 Å². The summed E-state index contributed by atoms with van der Waals surface area (Å²) in [6.07, 6.45) is 4.38. The molecule has 4 rings (SSSR count). The molecule has 0 radical (unpaired) electrons. The van der Waals surface area contributed by atoms with E-state index in [0.717, 1.165) is 36.1 Å². The van der Waals surface area contributed by atoms with Gasteiger partial charge in [0.25, 0.3) is 11.8 Å². The van der Waals surface area contributed by atoms with E-state index in [-0.39, 0.29) is 18.3 Å². The minimum absolute atomic E-state index is 0.142. The molecule has 1 aromatic heterocycles. The Labute approximate surface area is 224 Å². The highest BCUT2D eigenvalue weighted by molar-refractivity contribution is 7.17. The molecule has 1 aliphatic rings. The molecule has 0 saturated heterocycles. The zero-order valence-corrected chi connectivity index (χ0v) is 22.0. The Morgan fingerprint density at radius 2 is 1.79 bits per heavy atom. The molecule has 38 heavy (non-hydrogen) atoms. The lowest BCUT2D eigenvalue weighted by molar-refractivity contribution is -0.127. The van der Waals surface area contributed by atoms with Gasteiger partial charge in [-0.2, -0.15) is 5.10 Å². The quantitative estimate of drug-likeness (QED) is 0.208. The second-order valence-electron chi connectivity index (χ2n) is 8.70. The van der Waals surface area contributed by atoms with Crippen LogP contribution in [-0.4, -0.2) is 41.8 Å². The van der Waals surface area contributed by atoms with Gasteiger partial charge in [-0.3, -0.25) is 9.59 Å². The number of carbonyl (C=O) groups is 3. The molecule has 0 spiro atoms. The number of aryl methyl sites for hydroxylation is 1. The van der Waals surface area contributed by atoms with Crippen LogP contribution in [-0.2, 0) is 22.4 Å². The fraction of sp³-hybridized carbons (Fsp3) is 0.286. The molecule has 1 heterocycles. The molecule has 2 amide bonds. The highest BCUT2D eigenvalue weighted by atomic mass is 32.1. The van der Waals surface area contributed by atoms with Gasteiger partial charge in [-0.05, 0) is 99.2 Å². The number of aromatic hydroxyl groups is 1. The van der Waals surface area contributed by atoms with Crippen molar-refractivity contribution in [2.24, 2.45) is 5.10 Å². The van der Waals surface area contributed by atoms with E-state index in [4.69, 9.17) is 9.47 Å². The third-order valence-corrected chi connectivity index (χ3v) is 7.17. The molecule has 0 bridgehead atoms. The predicted molar refractivity (Wildman–Crippen MR) is 145 cm³/mol. The van der Waals surface area contributed by atoms with Crippen molar-refractivity contribution < 1.29 is 29.0 Å². The minimum atomic E-state index is -0.837. The van der Waals surface area contributed by atoms with Gasteiger partial charge in [-0.25, -0.2) is 10.2 Å². The molecule has 3 N–H and O–H groups in total. The zero-order chi connectivity index (χ0) is 27.1. The van der Waals surface area contributed by atoms with Gasteiger partial charge in [0.15, 0.2) is 6.10 Å². The summed E-state index contributed by atoms with van der Waals surface area (Å²) >= 11 is 1.43. The van der Waals surface area contributed by atoms with Crippen molar-refractivity contribution in [3.63, 3.8) is 0 Å². The van der Waals surface area contributed by atoms with Crippen LogP contribution in [0.4, 0.5) is 5.00 Å². The number of thiophene rings is 1. The van der Waals surface area contributed by atoms with Crippen LogP contribution in [0.3, 0.4) is 0 Å². The van der Waals surface area contributed by atoms with Gasteiger partial charge in [0.05, 0.1) is 18.4 Å². The van der Waals surface area contributed by atoms with Crippen molar-refractivity contribution >= 4 is 40.3 Å². The summed E-state index contributed by atoms with van der Waals surface area (Å²) in [6, 6.07) is 12.7. The van der Waals surface area contributed by atoms with Crippen LogP contribution in [0.25, 0.3) is 0 Å². The minimum Gasteiger partial charge on any atom is -0.508 e. The molecule has 3 aromatic rings. The third-order valence-electron chi connectivity index (χ3n) is 5.96. The molecular formula is C28H29N3O6S. The Morgan fingerprint density at radius 1 is 1.08 bits per heavy atom. The summed E-state index contributed by atoms with van der Waals surface area (Å²) in [5, 5.41) is 16.6. The Morgan fingerprint density at radius 3 is 2.50 bits per heavy atom. The van der Waals surface area contributed by atoms with Gasteiger partial charge in [-0.15, -0.1) is 11.3 Å². The van der Waals surface area contributed by atoms with Gasteiger partial charge >= 0.3 is 5.97 Å². The van der Waals surface area contributed by atoms with E-state index in [0.29, 0.717) is 27.4 Å². The maximum absolute atomic E-state index is 13.0. The molecule has 1 aliphatic carbocycles. The smallest absolute Gasteiger partial charge is 0.341 e. The van der Waals surface area contributed by atoms with Crippen molar-refractivity contribution in [1.29, 1.82) is 0 Å². The molecule has 9 nitrogen and oxygen atoms in total. The number of esters is 1. The third kappa shape index (κ3) is 6.57. The number of amides is 2. The number of nitrogens with one attached hydrogen (secondary N) is 2. The first-order valence-electron chi connectivity index (χ1n) is 12.4. The van der Waals surface area contributed by atoms with Crippen molar-refractivity contribution in [3.8, 4) is 11.5 Å². The molecule has 2 aromatic carbocycles. The number of hydrogen-bond donors (Lipinski definition) is 3. The van der Waals surface area contributed by atoms with E-state index >= 15 is 0 Å². The average molecular weight is 536 g/mol. The van der Waals surface area contributed by atoms with Crippen LogP contribution in [0.15, 0.2) is 53.6 Å². The van der Waals surface area contributed by atoms with Gasteiger partial charge in [-0.1, -0.05) is 0 Å². The Kier molecular flexibility index (Phi) is 8.75.